The molecular formula is C29H37N3O7S. The van der Waals surface area contributed by atoms with Gasteiger partial charge in [0, 0.05) is 18.0 Å². The van der Waals surface area contributed by atoms with Crippen molar-refractivity contribution in [3.05, 3.63) is 65.9 Å². The van der Waals surface area contributed by atoms with Crippen molar-refractivity contribution in [3.8, 4) is 0 Å². The molecule has 0 radical (unpaired) electrons. The van der Waals surface area contributed by atoms with Crippen LogP contribution in [0.25, 0.3) is 10.9 Å². The van der Waals surface area contributed by atoms with E-state index in [-0.39, 0.29) is 23.7 Å². The molecule has 11 heteroatoms. The van der Waals surface area contributed by atoms with Gasteiger partial charge in [-0.15, -0.1) is 0 Å². The van der Waals surface area contributed by atoms with E-state index in [1.165, 1.54) is 18.3 Å². The topological polar surface area (TPSA) is 144 Å². The Morgan fingerprint density at radius 3 is 2.17 bits per heavy atom. The summed E-state index contributed by atoms with van der Waals surface area (Å²) in [5.41, 5.74) is 0.950. The molecule has 2 atom stereocenters. The van der Waals surface area contributed by atoms with E-state index >= 15 is 0 Å². The number of carboxylic acid groups (broad SMARTS) is 1. The number of para-hydroxylation sites is 1. The van der Waals surface area contributed by atoms with Crippen LogP contribution in [0.5, 0.6) is 0 Å². The molecule has 0 saturated heterocycles. The largest absolute Gasteiger partial charge is 0.480 e. The number of carboxylic acids is 1. The second-order valence-electron chi connectivity index (χ2n) is 11.2. The van der Waals surface area contributed by atoms with E-state index in [1.54, 1.807) is 57.2 Å². The molecule has 40 heavy (non-hydrogen) atoms. The maximum Gasteiger partial charge on any atom is 0.408 e. The minimum Gasteiger partial charge on any atom is -0.480 e. The minimum atomic E-state index is -3.98. The van der Waals surface area contributed by atoms with Gasteiger partial charge in [-0.2, -0.15) is 0 Å². The lowest BCUT2D eigenvalue weighted by Crippen LogP contribution is -2.53. The number of carbonyl (C=O) groups is 3. The maximum absolute atomic E-state index is 13.5. The van der Waals surface area contributed by atoms with Gasteiger partial charge in [-0.05, 0) is 63.8 Å². The quantitative estimate of drug-likeness (QED) is 0.330. The number of rotatable bonds is 10. The first-order valence-electron chi connectivity index (χ1n) is 13.0. The lowest BCUT2D eigenvalue weighted by atomic mass is 10.0. The highest BCUT2D eigenvalue weighted by molar-refractivity contribution is 7.90. The Bertz CT molecular complexity index is 1490. The van der Waals surface area contributed by atoms with Gasteiger partial charge in [0.05, 0.1) is 10.4 Å². The summed E-state index contributed by atoms with van der Waals surface area (Å²) in [6.07, 6.45) is 0.682. The molecule has 2 aromatic carbocycles. The van der Waals surface area contributed by atoms with Crippen molar-refractivity contribution in [1.29, 1.82) is 0 Å². The van der Waals surface area contributed by atoms with E-state index in [4.69, 9.17) is 4.74 Å². The first kappa shape index (κ1) is 30.7. The smallest absolute Gasteiger partial charge is 0.408 e. The van der Waals surface area contributed by atoms with E-state index in [2.05, 4.69) is 10.6 Å². The number of ether oxygens (including phenoxy) is 1. The van der Waals surface area contributed by atoms with E-state index in [1.807, 2.05) is 20.8 Å². The third-order valence-corrected chi connectivity index (χ3v) is 7.78. The van der Waals surface area contributed by atoms with Gasteiger partial charge in [0.25, 0.3) is 10.0 Å². The fraction of sp³-hybridized carbons (Fsp3) is 0.414. The Kier molecular flexibility index (Phi) is 9.29. The van der Waals surface area contributed by atoms with Gasteiger partial charge in [-0.25, -0.2) is 22.0 Å². The summed E-state index contributed by atoms with van der Waals surface area (Å²) >= 11 is 0. The van der Waals surface area contributed by atoms with Crippen LogP contribution in [0.3, 0.4) is 0 Å². The first-order chi connectivity index (χ1) is 18.6. The number of carbonyl (C=O) groups excluding carboxylic acids is 2. The fourth-order valence-corrected chi connectivity index (χ4v) is 5.64. The van der Waals surface area contributed by atoms with Crippen LogP contribution in [0.1, 0.15) is 52.2 Å². The van der Waals surface area contributed by atoms with Crippen LogP contribution in [0, 0.1) is 12.8 Å². The second kappa shape index (κ2) is 12.1. The number of aromatic nitrogens is 1. The zero-order valence-electron chi connectivity index (χ0n) is 23.6. The van der Waals surface area contributed by atoms with Crippen LogP contribution in [-0.4, -0.2) is 53.2 Å². The van der Waals surface area contributed by atoms with Crippen molar-refractivity contribution in [1.82, 2.24) is 14.6 Å². The van der Waals surface area contributed by atoms with Gasteiger partial charge < -0.3 is 20.5 Å². The van der Waals surface area contributed by atoms with Gasteiger partial charge >= 0.3 is 12.1 Å². The molecule has 2 amide bonds. The third kappa shape index (κ3) is 7.62. The summed E-state index contributed by atoms with van der Waals surface area (Å²) in [6.45, 7) is 10.7. The molecule has 0 spiro atoms. The predicted molar refractivity (Wildman–Crippen MR) is 152 cm³/mol. The number of aryl methyl sites for hydroxylation is 1. The standard InChI is InChI=1S/C29H37N3O7S/c1-18(2)15-23(31-28(36)39-29(4,5)6)26(33)30-24(27(34)35)16-20-17-32(25-10-8-7-9-22(20)25)40(37,38)21-13-11-19(3)12-14-21/h7-14,17-18,23-24H,15-16H2,1-6H3,(H,30,33)(H,31,36)(H,34,35)/t23-,24-/m0/s1. The number of hydrogen-bond donors (Lipinski definition) is 3. The van der Waals surface area contributed by atoms with Crippen LogP contribution in [0.2, 0.25) is 0 Å². The average Bonchev–Trinajstić information content (AvgIpc) is 3.21. The summed E-state index contributed by atoms with van der Waals surface area (Å²) in [5.74, 6) is -1.96. The number of nitrogens with zero attached hydrogens (tertiary/aromatic N) is 1. The van der Waals surface area contributed by atoms with E-state index < -0.39 is 45.7 Å². The van der Waals surface area contributed by atoms with Crippen LogP contribution in [0.15, 0.2) is 59.6 Å². The molecule has 0 aliphatic carbocycles. The molecule has 3 N–H and O–H groups in total. The number of hydrogen-bond acceptors (Lipinski definition) is 6. The zero-order valence-corrected chi connectivity index (χ0v) is 24.4. The van der Waals surface area contributed by atoms with Gasteiger partial charge in [0.15, 0.2) is 0 Å². The molecule has 0 aliphatic heterocycles. The average molecular weight is 572 g/mol. The SMILES string of the molecule is Cc1ccc(S(=O)(=O)n2cc(C[C@H](NC(=O)[C@H](CC(C)C)NC(=O)OC(C)(C)C)C(=O)O)c3ccccc32)cc1. The van der Waals surface area contributed by atoms with Crippen molar-refractivity contribution in [2.45, 2.75) is 77.0 Å². The molecular weight excluding hydrogens is 534 g/mol. The summed E-state index contributed by atoms with van der Waals surface area (Å²) in [6, 6.07) is 10.8. The molecule has 3 aromatic rings. The van der Waals surface area contributed by atoms with E-state index in [0.717, 1.165) is 9.54 Å². The summed E-state index contributed by atoms with van der Waals surface area (Å²) < 4.78 is 33.4. The zero-order chi connectivity index (χ0) is 29.8. The summed E-state index contributed by atoms with van der Waals surface area (Å²) in [5, 5.41) is 15.6. The molecule has 0 saturated carbocycles. The highest BCUT2D eigenvalue weighted by atomic mass is 32.2. The van der Waals surface area contributed by atoms with E-state index in [9.17, 15) is 27.9 Å². The molecule has 216 valence electrons. The number of fused-ring (bicyclic) bond motifs is 1. The van der Waals surface area contributed by atoms with Crippen molar-refractivity contribution in [2.24, 2.45) is 5.92 Å². The number of nitrogens with one attached hydrogen (secondary N) is 2. The molecule has 10 nitrogen and oxygen atoms in total. The number of amides is 2. The van der Waals surface area contributed by atoms with Crippen LogP contribution < -0.4 is 10.6 Å². The number of aliphatic carboxylic acids is 1. The van der Waals surface area contributed by atoms with Crippen molar-refractivity contribution >= 4 is 38.9 Å². The fourth-order valence-electron chi connectivity index (χ4n) is 4.25. The summed E-state index contributed by atoms with van der Waals surface area (Å²) in [7, 11) is -3.98. The van der Waals surface area contributed by atoms with Gasteiger partial charge in [0.2, 0.25) is 5.91 Å². The first-order valence-corrected chi connectivity index (χ1v) is 14.5. The lowest BCUT2D eigenvalue weighted by Gasteiger charge is -2.25. The molecule has 0 aliphatic rings. The Morgan fingerprint density at radius 2 is 1.60 bits per heavy atom. The lowest BCUT2D eigenvalue weighted by molar-refractivity contribution is -0.142. The maximum atomic E-state index is 13.5. The highest BCUT2D eigenvalue weighted by Gasteiger charge is 2.30. The van der Waals surface area contributed by atoms with Gasteiger partial charge in [-0.3, -0.25) is 4.79 Å². The van der Waals surface area contributed by atoms with E-state index in [0.29, 0.717) is 16.5 Å². The second-order valence-corrected chi connectivity index (χ2v) is 13.0. The molecule has 0 fully saturated rings. The van der Waals surface area contributed by atoms with Crippen molar-refractivity contribution in [3.63, 3.8) is 0 Å². The molecule has 3 rings (SSSR count). The Labute approximate surface area is 234 Å². The van der Waals surface area contributed by atoms with Crippen molar-refractivity contribution < 1.29 is 32.6 Å². The Morgan fingerprint density at radius 1 is 0.975 bits per heavy atom. The van der Waals surface area contributed by atoms with Gasteiger partial charge in [-0.1, -0.05) is 49.7 Å². The van der Waals surface area contributed by atoms with Gasteiger partial charge in [0.1, 0.15) is 17.7 Å². The summed E-state index contributed by atoms with van der Waals surface area (Å²) in [4.78, 5) is 37.9. The monoisotopic (exact) mass is 571 g/mol. The number of benzene rings is 2. The minimum absolute atomic E-state index is 0.0129. The Balaban J connectivity index is 1.91. The highest BCUT2D eigenvalue weighted by Crippen LogP contribution is 2.27. The third-order valence-electron chi connectivity index (χ3n) is 6.09. The normalized spacial score (nSPS) is 13.6. The van der Waals surface area contributed by atoms with Crippen LogP contribution >= 0.6 is 0 Å². The van der Waals surface area contributed by atoms with Crippen LogP contribution in [0.4, 0.5) is 4.79 Å². The predicted octanol–water partition coefficient (Wildman–Crippen LogP) is 4.24. The molecule has 1 aromatic heterocycles. The van der Waals surface area contributed by atoms with Crippen LogP contribution in [-0.2, 0) is 30.8 Å². The molecule has 1 heterocycles. The Hall–Kier alpha value is -3.86. The van der Waals surface area contributed by atoms with Crippen molar-refractivity contribution in [2.75, 3.05) is 0 Å². The molecule has 0 unspecified atom stereocenters. The molecule has 0 bridgehead atoms. The number of alkyl carbamates (subject to hydrolysis) is 1.